The van der Waals surface area contributed by atoms with Gasteiger partial charge in [0.1, 0.15) is 0 Å². The molecule has 20 heavy (non-hydrogen) atoms. The van der Waals surface area contributed by atoms with Crippen LogP contribution in [0.4, 0.5) is 0 Å². The second-order valence-corrected chi connectivity index (χ2v) is 6.81. The number of carbonyl (C=O) groups is 1. The average molecular weight is 296 g/mol. The normalized spacial score (nSPS) is 12.0. The van der Waals surface area contributed by atoms with Crippen molar-refractivity contribution in [3.8, 4) is 0 Å². The van der Waals surface area contributed by atoms with Crippen LogP contribution in [0.2, 0.25) is 0 Å². The number of nitrogens with one attached hydrogen (secondary N) is 1. The minimum atomic E-state index is -3.17. The van der Waals surface area contributed by atoms with Crippen LogP contribution in [0.1, 0.15) is 5.56 Å². The molecule has 1 rings (SSSR count). The van der Waals surface area contributed by atoms with Crippen molar-refractivity contribution in [1.82, 2.24) is 10.2 Å². The van der Waals surface area contributed by atoms with Crippen molar-refractivity contribution < 1.29 is 13.2 Å². The lowest BCUT2D eigenvalue weighted by Gasteiger charge is -2.05. The van der Waals surface area contributed by atoms with E-state index < -0.39 is 9.84 Å². The summed E-state index contributed by atoms with van der Waals surface area (Å²) in [5, 5.41) is 2.74. The molecule has 6 heteroatoms. The van der Waals surface area contributed by atoms with Crippen LogP contribution < -0.4 is 5.32 Å². The monoisotopic (exact) mass is 296 g/mol. The Kier molecular flexibility index (Phi) is 5.91. The Balaban J connectivity index is 2.50. The van der Waals surface area contributed by atoms with Gasteiger partial charge >= 0.3 is 0 Å². The second kappa shape index (κ2) is 7.21. The first-order chi connectivity index (χ1) is 9.29. The second-order valence-electron chi connectivity index (χ2n) is 4.80. The molecule has 5 nitrogen and oxygen atoms in total. The summed E-state index contributed by atoms with van der Waals surface area (Å²) in [4.78, 5) is 13.7. The van der Waals surface area contributed by atoms with E-state index >= 15 is 0 Å². The molecular formula is C14H20N2O3S. The van der Waals surface area contributed by atoms with Crippen LogP contribution in [-0.4, -0.2) is 46.1 Å². The highest BCUT2D eigenvalue weighted by molar-refractivity contribution is 7.90. The maximum Gasteiger partial charge on any atom is 0.243 e. The van der Waals surface area contributed by atoms with Gasteiger partial charge in [0.05, 0.1) is 4.90 Å². The van der Waals surface area contributed by atoms with Crippen molar-refractivity contribution in [2.45, 2.75) is 11.4 Å². The first-order valence-electron chi connectivity index (χ1n) is 6.17. The molecule has 1 aromatic rings. The Bertz CT molecular complexity index is 575. The van der Waals surface area contributed by atoms with Crippen molar-refractivity contribution in [3.05, 3.63) is 42.0 Å². The van der Waals surface area contributed by atoms with Gasteiger partial charge in [0.25, 0.3) is 0 Å². The van der Waals surface area contributed by atoms with Gasteiger partial charge in [-0.3, -0.25) is 4.79 Å². The summed E-state index contributed by atoms with van der Waals surface area (Å²) in [6.07, 6.45) is 4.44. The van der Waals surface area contributed by atoms with Gasteiger partial charge in [0, 0.05) is 25.4 Å². The Morgan fingerprint density at radius 2 is 1.85 bits per heavy atom. The van der Waals surface area contributed by atoms with Crippen LogP contribution in [0, 0.1) is 0 Å². The van der Waals surface area contributed by atoms with E-state index in [0.717, 1.165) is 5.56 Å². The average Bonchev–Trinajstić information content (AvgIpc) is 2.35. The lowest BCUT2D eigenvalue weighted by atomic mass is 10.2. The molecule has 0 saturated heterocycles. The quantitative estimate of drug-likeness (QED) is 0.790. The summed E-state index contributed by atoms with van der Waals surface area (Å²) in [6.45, 7) is 1.08. The van der Waals surface area contributed by atoms with Gasteiger partial charge in [-0.25, -0.2) is 8.42 Å². The Hall–Kier alpha value is -1.66. The summed E-state index contributed by atoms with van der Waals surface area (Å²) >= 11 is 0. The molecule has 0 unspecified atom stereocenters. The maximum absolute atomic E-state index is 11.5. The number of sulfone groups is 1. The Morgan fingerprint density at radius 1 is 1.25 bits per heavy atom. The van der Waals surface area contributed by atoms with E-state index in [1.807, 2.05) is 19.0 Å². The van der Waals surface area contributed by atoms with Gasteiger partial charge in [-0.2, -0.15) is 0 Å². The largest absolute Gasteiger partial charge is 0.348 e. The van der Waals surface area contributed by atoms with Crippen molar-refractivity contribution in [3.63, 3.8) is 0 Å². The van der Waals surface area contributed by atoms with Crippen molar-refractivity contribution in [1.29, 1.82) is 0 Å². The predicted octanol–water partition coefficient (Wildman–Crippen LogP) is 0.824. The molecule has 0 saturated carbocycles. The summed E-state index contributed by atoms with van der Waals surface area (Å²) in [6, 6.07) is 6.47. The van der Waals surface area contributed by atoms with Crippen LogP contribution in [0.3, 0.4) is 0 Å². The summed E-state index contributed by atoms with van der Waals surface area (Å²) < 4.78 is 22.6. The first kappa shape index (κ1) is 16.4. The van der Waals surface area contributed by atoms with E-state index in [9.17, 15) is 13.2 Å². The van der Waals surface area contributed by atoms with E-state index in [-0.39, 0.29) is 10.8 Å². The minimum Gasteiger partial charge on any atom is -0.348 e. The lowest BCUT2D eigenvalue weighted by molar-refractivity contribution is -0.116. The highest BCUT2D eigenvalue weighted by atomic mass is 32.2. The zero-order chi connectivity index (χ0) is 15.2. The molecule has 0 aromatic heterocycles. The highest BCUT2D eigenvalue weighted by Gasteiger charge is 2.06. The van der Waals surface area contributed by atoms with Crippen LogP contribution in [-0.2, 0) is 21.2 Å². The minimum absolute atomic E-state index is 0.168. The van der Waals surface area contributed by atoms with Crippen molar-refractivity contribution in [2.75, 3.05) is 26.9 Å². The molecule has 0 bridgehead atoms. The predicted molar refractivity (Wildman–Crippen MR) is 79.1 cm³/mol. The third kappa shape index (κ3) is 5.99. The lowest BCUT2D eigenvalue weighted by Crippen LogP contribution is -2.21. The SMILES string of the molecule is CN(C)C/C=C/C(=O)NCc1ccc(S(C)(=O)=O)cc1. The molecule has 0 atom stereocenters. The molecular weight excluding hydrogens is 276 g/mol. The molecule has 1 amide bonds. The number of hydrogen-bond donors (Lipinski definition) is 1. The molecule has 0 spiro atoms. The first-order valence-corrected chi connectivity index (χ1v) is 8.06. The van der Waals surface area contributed by atoms with E-state index in [0.29, 0.717) is 13.1 Å². The summed E-state index contributed by atoms with van der Waals surface area (Å²) in [5.41, 5.74) is 0.853. The zero-order valence-corrected chi connectivity index (χ0v) is 12.8. The molecule has 0 aliphatic heterocycles. The molecule has 1 N–H and O–H groups in total. The third-order valence-corrected chi connectivity index (χ3v) is 3.69. The molecule has 0 fully saturated rings. The topological polar surface area (TPSA) is 66.5 Å². The van der Waals surface area contributed by atoms with Crippen molar-refractivity contribution >= 4 is 15.7 Å². The molecule has 0 radical (unpaired) electrons. The van der Waals surface area contributed by atoms with Crippen LogP contribution >= 0.6 is 0 Å². The van der Waals surface area contributed by atoms with Gasteiger partial charge < -0.3 is 10.2 Å². The van der Waals surface area contributed by atoms with E-state index in [1.165, 1.54) is 12.3 Å². The third-order valence-electron chi connectivity index (χ3n) is 2.56. The van der Waals surface area contributed by atoms with Crippen LogP contribution in [0.25, 0.3) is 0 Å². The summed E-state index contributed by atoms with van der Waals surface area (Å²) in [7, 11) is 0.670. The van der Waals surface area contributed by atoms with Gasteiger partial charge in [0.2, 0.25) is 5.91 Å². The number of amides is 1. The van der Waals surface area contributed by atoms with Crippen LogP contribution in [0.5, 0.6) is 0 Å². The number of carbonyl (C=O) groups excluding carboxylic acids is 1. The fraction of sp³-hybridized carbons (Fsp3) is 0.357. The molecule has 0 heterocycles. The van der Waals surface area contributed by atoms with Gasteiger partial charge in [-0.15, -0.1) is 0 Å². The zero-order valence-electron chi connectivity index (χ0n) is 12.0. The van der Waals surface area contributed by atoms with Crippen LogP contribution in [0.15, 0.2) is 41.3 Å². The van der Waals surface area contributed by atoms with Gasteiger partial charge in [-0.1, -0.05) is 18.2 Å². The fourth-order valence-corrected chi connectivity index (χ4v) is 2.10. The van der Waals surface area contributed by atoms with Gasteiger partial charge in [0.15, 0.2) is 9.84 Å². The van der Waals surface area contributed by atoms with Gasteiger partial charge in [-0.05, 0) is 31.8 Å². The standard InChI is InChI=1S/C14H20N2O3S/c1-16(2)10-4-5-14(17)15-11-12-6-8-13(9-7-12)20(3,18)19/h4-9H,10-11H2,1-3H3,(H,15,17)/b5-4+. The van der Waals surface area contributed by atoms with E-state index in [2.05, 4.69) is 5.32 Å². The Labute approximate surface area is 120 Å². The number of hydrogen-bond acceptors (Lipinski definition) is 4. The number of benzene rings is 1. The number of nitrogens with zero attached hydrogens (tertiary/aromatic N) is 1. The van der Waals surface area contributed by atoms with Crippen molar-refractivity contribution in [2.24, 2.45) is 0 Å². The molecule has 110 valence electrons. The maximum atomic E-state index is 11.5. The number of rotatable bonds is 6. The number of likely N-dealkylation sites (N-methyl/N-ethyl adjacent to an activating group) is 1. The highest BCUT2D eigenvalue weighted by Crippen LogP contribution is 2.10. The molecule has 0 aliphatic carbocycles. The Morgan fingerprint density at radius 3 is 2.35 bits per heavy atom. The van der Waals surface area contributed by atoms with E-state index in [4.69, 9.17) is 0 Å². The fourth-order valence-electron chi connectivity index (χ4n) is 1.47. The van der Waals surface area contributed by atoms with E-state index in [1.54, 1.807) is 30.3 Å². The molecule has 0 aliphatic rings. The molecule has 1 aromatic carbocycles. The smallest absolute Gasteiger partial charge is 0.243 e. The summed E-state index contributed by atoms with van der Waals surface area (Å²) in [5.74, 6) is -0.168.